The van der Waals surface area contributed by atoms with Gasteiger partial charge in [-0.05, 0) is 35.4 Å². The van der Waals surface area contributed by atoms with Gasteiger partial charge in [-0.15, -0.1) is 0 Å². The average Bonchev–Trinajstić information content (AvgIpc) is 2.49. The molecule has 0 aliphatic rings. The van der Waals surface area contributed by atoms with E-state index in [4.69, 9.17) is 13.1 Å². The van der Waals surface area contributed by atoms with Gasteiger partial charge in [0.2, 0.25) is 0 Å². The number of hydrogen-bond acceptors (Lipinski definition) is 11. The molecule has 0 N–H and O–H groups in total. The van der Waals surface area contributed by atoms with Crippen molar-refractivity contribution in [2.24, 2.45) is 0 Å². The van der Waals surface area contributed by atoms with Crippen molar-refractivity contribution in [3.05, 3.63) is 0 Å². The Labute approximate surface area is 150 Å². The highest BCUT2D eigenvalue weighted by Gasteiger charge is 2.05. The van der Waals surface area contributed by atoms with Gasteiger partial charge in [-0.1, -0.05) is 21.6 Å². The summed E-state index contributed by atoms with van der Waals surface area (Å²) in [6.07, 6.45) is 0. The highest BCUT2D eigenvalue weighted by Crippen LogP contribution is 2.30. The Morgan fingerprint density at radius 1 is 0.810 bits per heavy atom. The van der Waals surface area contributed by atoms with Crippen LogP contribution in [-0.2, 0) is 13.1 Å². The fraction of sp³-hybridized carbons (Fsp3) is 0.800. The predicted molar refractivity (Wildman–Crippen MR) is 100 cm³/mol. The molecule has 0 rings (SSSR count). The summed E-state index contributed by atoms with van der Waals surface area (Å²) in [4.78, 5) is 22.4. The predicted octanol–water partition coefficient (Wildman–Crippen LogP) is 5.38. The lowest BCUT2D eigenvalue weighted by Crippen LogP contribution is -2.00. The maximum Gasteiger partial charge on any atom is 0.283 e. The third-order valence-electron chi connectivity index (χ3n) is 1.37. The first-order valence-corrected chi connectivity index (χ1v) is 12.2. The van der Waals surface area contributed by atoms with Gasteiger partial charge in [-0.2, -0.15) is 0 Å². The zero-order chi connectivity index (χ0) is 15.8. The normalized spacial score (nSPS) is 10.8. The van der Waals surface area contributed by atoms with Crippen LogP contribution >= 0.6 is 67.3 Å². The van der Waals surface area contributed by atoms with Crippen molar-refractivity contribution in [1.29, 1.82) is 0 Å². The van der Waals surface area contributed by atoms with Crippen LogP contribution in [0.15, 0.2) is 0 Å². The molecule has 0 saturated carbocycles. The Bertz CT molecular complexity index is 255. The second-order valence-corrected chi connectivity index (χ2v) is 9.74. The van der Waals surface area contributed by atoms with Gasteiger partial charge in [0.1, 0.15) is 0 Å². The van der Waals surface area contributed by atoms with Gasteiger partial charge >= 0.3 is 0 Å². The van der Waals surface area contributed by atoms with E-state index in [0.717, 1.165) is 57.2 Å². The van der Waals surface area contributed by atoms with Gasteiger partial charge in [0.25, 0.3) is 8.89 Å². The Morgan fingerprint density at radius 2 is 1.24 bits per heavy atom. The molecule has 0 unspecified atom stereocenters. The van der Waals surface area contributed by atoms with E-state index in [1.807, 2.05) is 13.8 Å². The molecule has 11 heteroatoms. The van der Waals surface area contributed by atoms with E-state index in [2.05, 4.69) is 0 Å². The lowest BCUT2D eigenvalue weighted by Gasteiger charge is -2.03. The van der Waals surface area contributed by atoms with E-state index >= 15 is 0 Å². The number of carbonyl (C=O) groups is 2. The highest BCUT2D eigenvalue weighted by molar-refractivity contribution is 8.86. The van der Waals surface area contributed by atoms with Crippen LogP contribution in [0, 0.1) is 0 Å². The highest BCUT2D eigenvalue weighted by atomic mass is 33.1. The number of carbonyl (C=O) groups excluding carboxylic acids is 2. The zero-order valence-electron chi connectivity index (χ0n) is 11.7. The van der Waals surface area contributed by atoms with E-state index in [0.29, 0.717) is 26.4 Å². The van der Waals surface area contributed by atoms with Crippen LogP contribution in [0.3, 0.4) is 0 Å². The van der Waals surface area contributed by atoms with Gasteiger partial charge < -0.3 is 13.1 Å². The first-order chi connectivity index (χ1) is 10.2. The van der Waals surface area contributed by atoms with Crippen LogP contribution < -0.4 is 0 Å². The number of ether oxygens (including phenoxy) is 1. The molecule has 0 aromatic heterocycles. The molecule has 0 spiro atoms. The summed E-state index contributed by atoms with van der Waals surface area (Å²) in [5.41, 5.74) is 0. The third-order valence-corrected chi connectivity index (χ3v) is 7.68. The molecule has 0 aromatic rings. The SMILES string of the molecule is CCOSC(=O)SSCCOCCSSC(=O)SOCC. The first kappa shape index (κ1) is 22.3. The monoisotopic (exact) mass is 410 g/mol. The van der Waals surface area contributed by atoms with Gasteiger partial charge in [0, 0.05) is 11.5 Å². The largest absolute Gasteiger partial charge is 0.380 e. The topological polar surface area (TPSA) is 61.8 Å². The minimum Gasteiger partial charge on any atom is -0.380 e. The summed E-state index contributed by atoms with van der Waals surface area (Å²) in [5, 5.41) is 0. The van der Waals surface area contributed by atoms with E-state index < -0.39 is 0 Å². The number of rotatable bonds is 12. The van der Waals surface area contributed by atoms with Crippen molar-refractivity contribution in [3.8, 4) is 0 Å². The van der Waals surface area contributed by atoms with Gasteiger partial charge in [-0.3, -0.25) is 9.59 Å². The average molecular weight is 411 g/mol. The number of hydrogen-bond donors (Lipinski definition) is 0. The Morgan fingerprint density at radius 3 is 1.62 bits per heavy atom. The molecule has 0 aromatic carbocycles. The van der Waals surface area contributed by atoms with Gasteiger partial charge in [-0.25, -0.2) is 0 Å². The van der Waals surface area contributed by atoms with E-state index in [1.54, 1.807) is 0 Å². The van der Waals surface area contributed by atoms with Gasteiger partial charge in [0.05, 0.1) is 50.5 Å². The summed E-state index contributed by atoms with van der Waals surface area (Å²) in [7, 11) is 5.21. The van der Waals surface area contributed by atoms with Crippen LogP contribution in [0.5, 0.6) is 0 Å². The molecule has 0 amide bonds. The summed E-state index contributed by atoms with van der Waals surface area (Å²) >= 11 is 1.74. The van der Waals surface area contributed by atoms with Crippen molar-refractivity contribution in [3.63, 3.8) is 0 Å². The smallest absolute Gasteiger partial charge is 0.283 e. The summed E-state index contributed by atoms with van der Waals surface area (Å²) in [6, 6.07) is 0. The summed E-state index contributed by atoms with van der Waals surface area (Å²) in [6.45, 7) is 5.88. The molecule has 0 saturated heterocycles. The lowest BCUT2D eigenvalue weighted by molar-refractivity contribution is 0.167. The second kappa shape index (κ2) is 17.7. The Hall–Kier alpha value is 1.32. The molecule has 124 valence electrons. The lowest BCUT2D eigenvalue weighted by atomic mass is 10.8. The molecule has 0 atom stereocenters. The molecular formula is C10H18O5S6. The minimum atomic E-state index is -0.0564. The molecule has 0 aliphatic heterocycles. The Balaban J connectivity index is 3.19. The molecule has 21 heavy (non-hydrogen) atoms. The Kier molecular flexibility index (Phi) is 18.8. The summed E-state index contributed by atoms with van der Waals surface area (Å²) < 4.78 is 15.1. The maximum absolute atomic E-state index is 11.2. The second-order valence-electron chi connectivity index (χ2n) is 2.90. The fourth-order valence-corrected chi connectivity index (χ4v) is 5.23. The molecule has 0 bridgehead atoms. The van der Waals surface area contributed by atoms with Crippen molar-refractivity contribution in [2.75, 3.05) is 37.9 Å². The summed E-state index contributed by atoms with van der Waals surface area (Å²) in [5.74, 6) is 1.47. The van der Waals surface area contributed by atoms with Crippen molar-refractivity contribution in [1.82, 2.24) is 0 Å². The zero-order valence-corrected chi connectivity index (χ0v) is 16.6. The van der Waals surface area contributed by atoms with Crippen LogP contribution in [0.25, 0.3) is 0 Å². The standard InChI is InChI=1S/C10H18O5S6/c1-3-14-18-9(11)20-16-7-5-13-6-8-17-21-10(12)19-15-4-2/h3-8H2,1-2H3. The molecule has 5 nitrogen and oxygen atoms in total. The molecule has 0 heterocycles. The van der Waals surface area contributed by atoms with E-state index in [1.165, 1.54) is 21.6 Å². The minimum absolute atomic E-state index is 0.0564. The third kappa shape index (κ3) is 17.5. The fourth-order valence-electron chi connectivity index (χ4n) is 0.709. The first-order valence-electron chi connectivity index (χ1n) is 6.04. The van der Waals surface area contributed by atoms with Crippen molar-refractivity contribution >= 4 is 76.2 Å². The molecular weight excluding hydrogens is 393 g/mol. The van der Waals surface area contributed by atoms with E-state index in [-0.39, 0.29) is 8.89 Å². The quantitative estimate of drug-likeness (QED) is 0.237. The van der Waals surface area contributed by atoms with E-state index in [9.17, 15) is 9.59 Å². The van der Waals surface area contributed by atoms with Crippen molar-refractivity contribution < 1.29 is 22.7 Å². The van der Waals surface area contributed by atoms with Crippen LogP contribution in [0.2, 0.25) is 0 Å². The van der Waals surface area contributed by atoms with Crippen LogP contribution in [0.4, 0.5) is 9.59 Å². The van der Waals surface area contributed by atoms with Gasteiger partial charge in [0.15, 0.2) is 0 Å². The maximum atomic E-state index is 11.2. The van der Waals surface area contributed by atoms with Crippen LogP contribution in [-0.4, -0.2) is 46.8 Å². The molecule has 0 aliphatic carbocycles. The molecule has 0 radical (unpaired) electrons. The van der Waals surface area contributed by atoms with Crippen molar-refractivity contribution in [2.45, 2.75) is 13.8 Å². The van der Waals surface area contributed by atoms with Crippen LogP contribution in [0.1, 0.15) is 13.8 Å². The molecule has 0 fully saturated rings.